The number of hydrogen-bond acceptors (Lipinski definition) is 3. The molecule has 1 N–H and O–H groups in total. The predicted molar refractivity (Wildman–Crippen MR) is 66.8 cm³/mol. The molecule has 0 atom stereocenters. The Morgan fingerprint density at radius 1 is 1.25 bits per heavy atom. The second-order valence-corrected chi connectivity index (χ2v) is 4.54. The standard InChI is InChI=1S/C13H21N3/c1-3-11-9-12(14-2)16-13(15-11)10-7-5-4-6-8-10/h9-10H,3-8H2,1-2H3,(H,14,15,16). The summed E-state index contributed by atoms with van der Waals surface area (Å²) >= 11 is 0. The van der Waals surface area contributed by atoms with Crippen molar-refractivity contribution in [2.45, 2.75) is 51.4 Å². The molecule has 0 bridgehead atoms. The summed E-state index contributed by atoms with van der Waals surface area (Å²) in [7, 11) is 1.92. The molecule has 1 aromatic heterocycles. The first kappa shape index (κ1) is 11.4. The van der Waals surface area contributed by atoms with Crippen LogP contribution in [0.15, 0.2) is 6.07 Å². The summed E-state index contributed by atoms with van der Waals surface area (Å²) in [5, 5.41) is 3.13. The van der Waals surface area contributed by atoms with E-state index < -0.39 is 0 Å². The largest absolute Gasteiger partial charge is 0.373 e. The van der Waals surface area contributed by atoms with Crippen LogP contribution in [0.3, 0.4) is 0 Å². The van der Waals surface area contributed by atoms with E-state index in [0.29, 0.717) is 5.92 Å². The van der Waals surface area contributed by atoms with Crippen molar-refractivity contribution < 1.29 is 0 Å². The maximum absolute atomic E-state index is 4.67. The topological polar surface area (TPSA) is 37.8 Å². The smallest absolute Gasteiger partial charge is 0.134 e. The summed E-state index contributed by atoms with van der Waals surface area (Å²) in [6.07, 6.45) is 7.55. The molecule has 3 nitrogen and oxygen atoms in total. The third-order valence-corrected chi connectivity index (χ3v) is 3.39. The van der Waals surface area contributed by atoms with E-state index in [9.17, 15) is 0 Å². The molecular formula is C13H21N3. The molecule has 1 aliphatic rings. The lowest BCUT2D eigenvalue weighted by atomic mass is 9.88. The highest BCUT2D eigenvalue weighted by Crippen LogP contribution is 2.31. The van der Waals surface area contributed by atoms with E-state index in [0.717, 1.165) is 23.8 Å². The van der Waals surface area contributed by atoms with Crippen LogP contribution in [-0.4, -0.2) is 17.0 Å². The summed E-state index contributed by atoms with van der Waals surface area (Å²) in [6.45, 7) is 2.15. The average molecular weight is 219 g/mol. The lowest BCUT2D eigenvalue weighted by Gasteiger charge is -2.21. The fourth-order valence-corrected chi connectivity index (χ4v) is 2.37. The molecule has 0 amide bonds. The number of rotatable bonds is 3. The van der Waals surface area contributed by atoms with Crippen molar-refractivity contribution in [1.82, 2.24) is 9.97 Å². The Hall–Kier alpha value is -1.12. The fourth-order valence-electron chi connectivity index (χ4n) is 2.37. The maximum Gasteiger partial charge on any atom is 0.134 e. The normalized spacial score (nSPS) is 17.4. The summed E-state index contributed by atoms with van der Waals surface area (Å²) in [5.41, 5.74) is 1.15. The van der Waals surface area contributed by atoms with Crippen molar-refractivity contribution in [1.29, 1.82) is 0 Å². The number of hydrogen-bond donors (Lipinski definition) is 1. The van der Waals surface area contributed by atoms with Gasteiger partial charge in [0.2, 0.25) is 0 Å². The molecule has 0 unspecified atom stereocenters. The summed E-state index contributed by atoms with van der Waals surface area (Å²) in [5.74, 6) is 2.61. The zero-order chi connectivity index (χ0) is 11.4. The number of nitrogens with zero attached hydrogens (tertiary/aromatic N) is 2. The monoisotopic (exact) mass is 219 g/mol. The Morgan fingerprint density at radius 2 is 2.00 bits per heavy atom. The molecule has 0 saturated heterocycles. The van der Waals surface area contributed by atoms with Gasteiger partial charge in [-0.1, -0.05) is 26.2 Å². The van der Waals surface area contributed by atoms with Crippen LogP contribution in [0.2, 0.25) is 0 Å². The highest BCUT2D eigenvalue weighted by Gasteiger charge is 2.18. The van der Waals surface area contributed by atoms with Gasteiger partial charge in [-0.3, -0.25) is 0 Å². The lowest BCUT2D eigenvalue weighted by molar-refractivity contribution is 0.428. The van der Waals surface area contributed by atoms with Gasteiger partial charge in [-0.2, -0.15) is 0 Å². The molecule has 1 heterocycles. The average Bonchev–Trinajstić information content (AvgIpc) is 2.39. The van der Waals surface area contributed by atoms with Crippen molar-refractivity contribution in [3.8, 4) is 0 Å². The van der Waals surface area contributed by atoms with Crippen LogP contribution in [-0.2, 0) is 6.42 Å². The van der Waals surface area contributed by atoms with E-state index in [1.165, 1.54) is 32.1 Å². The molecule has 0 spiro atoms. The van der Waals surface area contributed by atoms with Gasteiger partial charge < -0.3 is 5.32 Å². The van der Waals surface area contributed by atoms with Gasteiger partial charge in [-0.25, -0.2) is 9.97 Å². The Labute approximate surface area is 97.7 Å². The minimum atomic E-state index is 0.590. The van der Waals surface area contributed by atoms with Crippen molar-refractivity contribution in [2.24, 2.45) is 0 Å². The highest BCUT2D eigenvalue weighted by atomic mass is 15.0. The minimum Gasteiger partial charge on any atom is -0.373 e. The summed E-state index contributed by atoms with van der Waals surface area (Å²) in [6, 6.07) is 2.05. The zero-order valence-electron chi connectivity index (χ0n) is 10.3. The molecule has 1 saturated carbocycles. The molecular weight excluding hydrogens is 198 g/mol. The van der Waals surface area contributed by atoms with Gasteiger partial charge >= 0.3 is 0 Å². The fraction of sp³-hybridized carbons (Fsp3) is 0.692. The molecule has 3 heteroatoms. The Bertz CT molecular complexity index is 321. The van der Waals surface area contributed by atoms with Crippen LogP contribution < -0.4 is 5.32 Å². The molecule has 2 rings (SSSR count). The Morgan fingerprint density at radius 3 is 2.62 bits per heavy atom. The van der Waals surface area contributed by atoms with E-state index >= 15 is 0 Å². The number of anilines is 1. The van der Waals surface area contributed by atoms with Gasteiger partial charge in [0.15, 0.2) is 0 Å². The van der Waals surface area contributed by atoms with Crippen LogP contribution in [0.25, 0.3) is 0 Å². The molecule has 88 valence electrons. The van der Waals surface area contributed by atoms with E-state index in [4.69, 9.17) is 0 Å². The summed E-state index contributed by atoms with van der Waals surface area (Å²) < 4.78 is 0. The van der Waals surface area contributed by atoms with Gasteiger partial charge in [-0.15, -0.1) is 0 Å². The molecule has 1 aromatic rings. The quantitative estimate of drug-likeness (QED) is 0.848. The van der Waals surface area contributed by atoms with Gasteiger partial charge in [0.05, 0.1) is 0 Å². The molecule has 1 fully saturated rings. The van der Waals surface area contributed by atoms with Crippen LogP contribution in [0.5, 0.6) is 0 Å². The molecule has 0 aromatic carbocycles. The first-order valence-corrected chi connectivity index (χ1v) is 6.39. The van der Waals surface area contributed by atoms with Gasteiger partial charge in [0.25, 0.3) is 0 Å². The first-order valence-electron chi connectivity index (χ1n) is 6.39. The van der Waals surface area contributed by atoms with Crippen molar-refractivity contribution in [3.05, 3.63) is 17.6 Å². The Kier molecular flexibility index (Phi) is 3.75. The number of aryl methyl sites for hydroxylation is 1. The predicted octanol–water partition coefficient (Wildman–Crippen LogP) is 3.13. The maximum atomic E-state index is 4.67. The van der Waals surface area contributed by atoms with Crippen molar-refractivity contribution in [3.63, 3.8) is 0 Å². The first-order chi connectivity index (χ1) is 7.83. The second kappa shape index (κ2) is 5.28. The van der Waals surface area contributed by atoms with E-state index in [2.05, 4.69) is 22.2 Å². The number of nitrogens with one attached hydrogen (secondary N) is 1. The highest BCUT2D eigenvalue weighted by molar-refractivity contribution is 5.35. The molecule has 1 aliphatic carbocycles. The van der Waals surface area contributed by atoms with Crippen LogP contribution in [0.1, 0.15) is 56.5 Å². The summed E-state index contributed by atoms with van der Waals surface area (Å²) in [4.78, 5) is 9.27. The van der Waals surface area contributed by atoms with E-state index in [1.54, 1.807) is 0 Å². The molecule has 0 radical (unpaired) electrons. The van der Waals surface area contributed by atoms with Crippen molar-refractivity contribution in [2.75, 3.05) is 12.4 Å². The Balaban J connectivity index is 2.24. The minimum absolute atomic E-state index is 0.590. The third kappa shape index (κ3) is 2.52. The third-order valence-electron chi connectivity index (χ3n) is 3.39. The van der Waals surface area contributed by atoms with Crippen LogP contribution in [0.4, 0.5) is 5.82 Å². The van der Waals surface area contributed by atoms with Gasteiger partial charge in [-0.05, 0) is 19.3 Å². The second-order valence-electron chi connectivity index (χ2n) is 4.54. The van der Waals surface area contributed by atoms with E-state index in [-0.39, 0.29) is 0 Å². The van der Waals surface area contributed by atoms with Gasteiger partial charge in [0.1, 0.15) is 11.6 Å². The number of aromatic nitrogens is 2. The van der Waals surface area contributed by atoms with Crippen LogP contribution in [0, 0.1) is 0 Å². The van der Waals surface area contributed by atoms with Crippen LogP contribution >= 0.6 is 0 Å². The molecule has 16 heavy (non-hydrogen) atoms. The zero-order valence-corrected chi connectivity index (χ0v) is 10.3. The van der Waals surface area contributed by atoms with E-state index in [1.807, 2.05) is 13.1 Å². The van der Waals surface area contributed by atoms with Crippen molar-refractivity contribution >= 4 is 5.82 Å². The van der Waals surface area contributed by atoms with Gasteiger partial charge in [0, 0.05) is 24.7 Å². The lowest BCUT2D eigenvalue weighted by Crippen LogP contribution is -2.11. The SMILES string of the molecule is CCc1cc(NC)nc(C2CCCCC2)n1. The molecule has 0 aliphatic heterocycles.